The molecule has 0 amide bonds. The van der Waals surface area contributed by atoms with Crippen LogP contribution in [0.2, 0.25) is 0 Å². The van der Waals surface area contributed by atoms with Crippen molar-refractivity contribution in [3.63, 3.8) is 0 Å². The molecular weight excluding hydrogens is 296 g/mol. The first-order valence-corrected chi connectivity index (χ1v) is 9.45. The molecule has 1 N–H and O–H groups in total. The number of hydrogen-bond donors (Lipinski definition) is 1. The van der Waals surface area contributed by atoms with Gasteiger partial charge in [-0.15, -0.1) is 11.3 Å². The van der Waals surface area contributed by atoms with E-state index in [0.717, 1.165) is 19.4 Å². The Balaban J connectivity index is 2.15. The molecule has 116 valence electrons. The Labute approximate surface area is 136 Å². The maximum atomic E-state index is 4.85. The zero-order chi connectivity index (χ0) is 15.5. The monoisotopic (exact) mass is 322 g/mol. The van der Waals surface area contributed by atoms with Crippen LogP contribution in [0.3, 0.4) is 0 Å². The SMILES string of the molecule is CCCNC(Cc1nc(C(C)(C)C)cs1)c1cscc1C. The number of aryl methyl sites for hydroxylation is 1. The van der Waals surface area contributed by atoms with Crippen LogP contribution in [-0.4, -0.2) is 11.5 Å². The van der Waals surface area contributed by atoms with E-state index in [9.17, 15) is 0 Å². The predicted molar refractivity (Wildman–Crippen MR) is 94.6 cm³/mol. The second kappa shape index (κ2) is 7.03. The molecule has 0 fully saturated rings. The molecule has 2 aromatic heterocycles. The average Bonchev–Trinajstić information content (AvgIpc) is 3.02. The van der Waals surface area contributed by atoms with Crippen LogP contribution in [0, 0.1) is 6.92 Å². The van der Waals surface area contributed by atoms with Gasteiger partial charge in [-0.25, -0.2) is 4.98 Å². The van der Waals surface area contributed by atoms with Crippen LogP contribution in [0.1, 0.15) is 62.0 Å². The van der Waals surface area contributed by atoms with Crippen LogP contribution < -0.4 is 5.32 Å². The second-order valence-electron chi connectivity index (χ2n) is 6.60. The van der Waals surface area contributed by atoms with Gasteiger partial charge in [0.2, 0.25) is 0 Å². The number of hydrogen-bond acceptors (Lipinski definition) is 4. The minimum atomic E-state index is 0.138. The number of aromatic nitrogens is 1. The second-order valence-corrected chi connectivity index (χ2v) is 8.28. The molecule has 1 unspecified atom stereocenters. The van der Waals surface area contributed by atoms with Crippen LogP contribution in [-0.2, 0) is 11.8 Å². The van der Waals surface area contributed by atoms with Gasteiger partial charge < -0.3 is 5.32 Å². The number of thiophene rings is 1. The van der Waals surface area contributed by atoms with Crippen LogP contribution in [0.4, 0.5) is 0 Å². The third-order valence-corrected chi connectivity index (χ3v) is 5.36. The molecule has 21 heavy (non-hydrogen) atoms. The summed E-state index contributed by atoms with van der Waals surface area (Å²) in [6.07, 6.45) is 2.14. The Bertz CT molecular complexity index is 563. The highest BCUT2D eigenvalue weighted by Crippen LogP contribution is 2.29. The first kappa shape index (κ1) is 16.7. The van der Waals surface area contributed by atoms with Crippen molar-refractivity contribution in [3.8, 4) is 0 Å². The van der Waals surface area contributed by atoms with Crippen molar-refractivity contribution in [1.82, 2.24) is 10.3 Å². The lowest BCUT2D eigenvalue weighted by atomic mass is 9.93. The average molecular weight is 323 g/mol. The van der Waals surface area contributed by atoms with Gasteiger partial charge in [-0.1, -0.05) is 27.7 Å². The fraction of sp³-hybridized carbons (Fsp3) is 0.588. The molecule has 2 nitrogen and oxygen atoms in total. The summed E-state index contributed by atoms with van der Waals surface area (Å²) in [5, 5.41) is 11.6. The Morgan fingerprint density at radius 2 is 2.00 bits per heavy atom. The van der Waals surface area contributed by atoms with Crippen molar-refractivity contribution >= 4 is 22.7 Å². The van der Waals surface area contributed by atoms with Gasteiger partial charge in [0, 0.05) is 23.3 Å². The van der Waals surface area contributed by atoms with E-state index in [1.54, 1.807) is 22.7 Å². The Morgan fingerprint density at radius 3 is 2.52 bits per heavy atom. The molecule has 0 radical (unpaired) electrons. The molecule has 0 spiro atoms. The normalized spacial score (nSPS) is 13.6. The fourth-order valence-corrected chi connectivity index (χ4v) is 4.23. The molecule has 4 heteroatoms. The van der Waals surface area contributed by atoms with Crippen LogP contribution in [0.5, 0.6) is 0 Å². The Hall–Kier alpha value is -0.710. The highest BCUT2D eigenvalue weighted by atomic mass is 32.1. The summed E-state index contributed by atoms with van der Waals surface area (Å²) in [6.45, 7) is 12.1. The van der Waals surface area contributed by atoms with Crippen LogP contribution in [0.25, 0.3) is 0 Å². The Kier molecular flexibility index (Phi) is 5.58. The van der Waals surface area contributed by atoms with Crippen molar-refractivity contribution in [2.75, 3.05) is 6.54 Å². The van der Waals surface area contributed by atoms with E-state index >= 15 is 0 Å². The molecule has 0 aliphatic carbocycles. The molecule has 0 aliphatic heterocycles. The summed E-state index contributed by atoms with van der Waals surface area (Å²) in [6, 6.07) is 0.384. The van der Waals surface area contributed by atoms with Crippen molar-refractivity contribution < 1.29 is 0 Å². The van der Waals surface area contributed by atoms with Gasteiger partial charge in [0.1, 0.15) is 0 Å². The summed E-state index contributed by atoms with van der Waals surface area (Å²) in [5.74, 6) is 0. The minimum Gasteiger partial charge on any atom is -0.310 e. The van der Waals surface area contributed by atoms with E-state index in [1.165, 1.54) is 21.8 Å². The van der Waals surface area contributed by atoms with Gasteiger partial charge >= 0.3 is 0 Å². The fourth-order valence-electron chi connectivity index (χ4n) is 2.26. The van der Waals surface area contributed by atoms with E-state index < -0.39 is 0 Å². The first-order valence-electron chi connectivity index (χ1n) is 7.62. The molecule has 2 aromatic rings. The summed E-state index contributed by atoms with van der Waals surface area (Å²) >= 11 is 3.58. The van der Waals surface area contributed by atoms with Gasteiger partial charge in [-0.3, -0.25) is 0 Å². The summed E-state index contributed by atoms with van der Waals surface area (Å²) < 4.78 is 0. The predicted octanol–water partition coefficient (Wildman–Crippen LogP) is 5.09. The number of thiazole rings is 1. The van der Waals surface area contributed by atoms with Crippen molar-refractivity contribution in [1.29, 1.82) is 0 Å². The Morgan fingerprint density at radius 1 is 1.24 bits per heavy atom. The van der Waals surface area contributed by atoms with Gasteiger partial charge in [0.05, 0.1) is 10.7 Å². The quantitative estimate of drug-likeness (QED) is 0.801. The third-order valence-electron chi connectivity index (χ3n) is 3.61. The summed E-state index contributed by atoms with van der Waals surface area (Å²) in [7, 11) is 0. The molecule has 1 atom stereocenters. The van der Waals surface area contributed by atoms with Gasteiger partial charge in [-0.05, 0) is 41.8 Å². The van der Waals surface area contributed by atoms with Crippen molar-refractivity contribution in [2.24, 2.45) is 0 Å². The van der Waals surface area contributed by atoms with E-state index in [2.05, 4.69) is 56.1 Å². The van der Waals surface area contributed by atoms with Crippen LogP contribution in [0.15, 0.2) is 16.1 Å². The molecule has 0 aliphatic rings. The van der Waals surface area contributed by atoms with E-state index in [1.807, 2.05) is 0 Å². The highest BCUT2D eigenvalue weighted by molar-refractivity contribution is 7.09. The minimum absolute atomic E-state index is 0.138. The van der Waals surface area contributed by atoms with Gasteiger partial charge in [0.25, 0.3) is 0 Å². The molecular formula is C17H26N2S2. The molecule has 2 heterocycles. The van der Waals surface area contributed by atoms with Crippen LogP contribution >= 0.6 is 22.7 Å². The maximum absolute atomic E-state index is 4.85. The third kappa shape index (κ3) is 4.38. The van der Waals surface area contributed by atoms with E-state index in [4.69, 9.17) is 4.98 Å². The zero-order valence-corrected chi connectivity index (χ0v) is 15.3. The van der Waals surface area contributed by atoms with Crippen molar-refractivity contribution in [3.05, 3.63) is 38.0 Å². The lowest BCUT2D eigenvalue weighted by molar-refractivity contribution is 0.523. The highest BCUT2D eigenvalue weighted by Gasteiger charge is 2.20. The lowest BCUT2D eigenvalue weighted by Crippen LogP contribution is -2.24. The number of rotatable bonds is 6. The van der Waals surface area contributed by atoms with Crippen molar-refractivity contribution in [2.45, 2.75) is 58.9 Å². The first-order chi connectivity index (χ1) is 9.91. The maximum Gasteiger partial charge on any atom is 0.0947 e. The molecule has 0 saturated carbocycles. The van der Waals surface area contributed by atoms with Gasteiger partial charge in [0.15, 0.2) is 0 Å². The summed E-state index contributed by atoms with van der Waals surface area (Å²) in [4.78, 5) is 4.85. The standard InChI is InChI=1S/C17H26N2S2/c1-6-7-18-14(13-10-20-9-12(13)2)8-16-19-15(11-21-16)17(3,4)5/h9-11,14,18H,6-8H2,1-5H3. The smallest absolute Gasteiger partial charge is 0.0947 e. The summed E-state index contributed by atoms with van der Waals surface area (Å²) in [5.41, 5.74) is 4.17. The number of nitrogens with zero attached hydrogens (tertiary/aromatic N) is 1. The zero-order valence-electron chi connectivity index (χ0n) is 13.7. The number of nitrogens with one attached hydrogen (secondary N) is 1. The molecule has 0 bridgehead atoms. The van der Waals surface area contributed by atoms with E-state index in [-0.39, 0.29) is 5.41 Å². The molecule has 2 rings (SSSR count). The topological polar surface area (TPSA) is 24.9 Å². The molecule has 0 aromatic carbocycles. The van der Waals surface area contributed by atoms with Gasteiger partial charge in [-0.2, -0.15) is 11.3 Å². The van der Waals surface area contributed by atoms with E-state index in [0.29, 0.717) is 6.04 Å². The lowest BCUT2D eigenvalue weighted by Gasteiger charge is -2.18. The molecule has 0 saturated heterocycles. The largest absolute Gasteiger partial charge is 0.310 e.